The molecule has 0 radical (unpaired) electrons. The molecule has 0 aliphatic heterocycles. The first-order valence-corrected chi connectivity index (χ1v) is 9.31. The minimum absolute atomic E-state index is 0.101. The summed E-state index contributed by atoms with van der Waals surface area (Å²) in [6.07, 6.45) is 3.92. The van der Waals surface area contributed by atoms with Crippen LogP contribution in [0, 0.1) is 0 Å². The number of nitrogens with one attached hydrogen (secondary N) is 1. The molecule has 1 amide bonds. The highest BCUT2D eigenvalue weighted by Gasteiger charge is 2.33. The summed E-state index contributed by atoms with van der Waals surface area (Å²) in [4.78, 5) is 12.7. The van der Waals surface area contributed by atoms with Crippen molar-refractivity contribution in [2.75, 3.05) is 31.7 Å². The molecule has 0 aliphatic carbocycles. The number of hydrogen-bond donors (Lipinski definition) is 1. The molecule has 0 heterocycles. The summed E-state index contributed by atoms with van der Waals surface area (Å²) in [5.41, 5.74) is -0.0556. The molecule has 0 aromatic heterocycles. The Morgan fingerprint density at radius 3 is 2.36 bits per heavy atom. The first kappa shape index (κ1) is 21.5. The van der Waals surface area contributed by atoms with E-state index >= 15 is 0 Å². The molecule has 0 saturated heterocycles. The molecule has 1 rings (SSSR count). The molecule has 0 aliphatic rings. The molecular weight excluding hydrogens is 318 g/mol. The van der Waals surface area contributed by atoms with Crippen LogP contribution in [0.2, 0.25) is 0 Å². The Labute approximate surface area is 152 Å². The lowest BCUT2D eigenvalue weighted by molar-refractivity contribution is -0.139. The van der Waals surface area contributed by atoms with Crippen molar-refractivity contribution < 1.29 is 19.0 Å². The molecule has 1 N–H and O–H groups in total. The number of carbonyl (C=O) groups is 1. The van der Waals surface area contributed by atoms with Gasteiger partial charge < -0.3 is 19.5 Å². The van der Waals surface area contributed by atoms with Gasteiger partial charge in [0.25, 0.3) is 5.91 Å². The van der Waals surface area contributed by atoms with Crippen LogP contribution in [0.5, 0.6) is 5.75 Å². The van der Waals surface area contributed by atoms with Crippen LogP contribution >= 0.6 is 0 Å². The van der Waals surface area contributed by atoms with Gasteiger partial charge >= 0.3 is 0 Å². The van der Waals surface area contributed by atoms with Crippen molar-refractivity contribution in [2.24, 2.45) is 0 Å². The topological polar surface area (TPSA) is 56.8 Å². The van der Waals surface area contributed by atoms with E-state index in [1.807, 2.05) is 45.0 Å². The van der Waals surface area contributed by atoms with Crippen molar-refractivity contribution in [3.63, 3.8) is 0 Å². The van der Waals surface area contributed by atoms with Gasteiger partial charge in [-0.1, -0.05) is 26.2 Å². The van der Waals surface area contributed by atoms with Crippen LogP contribution in [0.25, 0.3) is 0 Å². The maximum Gasteiger partial charge on any atom is 0.256 e. The first-order chi connectivity index (χ1) is 12.1. The average molecular weight is 351 g/mol. The van der Waals surface area contributed by atoms with E-state index in [1.54, 1.807) is 0 Å². The number of rotatable bonds is 13. The average Bonchev–Trinajstić information content (AvgIpc) is 2.60. The second-order valence-corrected chi connectivity index (χ2v) is 6.14. The Bertz CT molecular complexity index is 489. The van der Waals surface area contributed by atoms with Crippen molar-refractivity contribution in [1.29, 1.82) is 0 Å². The quantitative estimate of drug-likeness (QED) is 0.535. The highest BCUT2D eigenvalue weighted by atomic mass is 16.5. The van der Waals surface area contributed by atoms with E-state index in [2.05, 4.69) is 12.2 Å². The number of anilines is 1. The lowest BCUT2D eigenvalue weighted by Gasteiger charge is -2.28. The van der Waals surface area contributed by atoms with Crippen molar-refractivity contribution in [2.45, 2.75) is 59.0 Å². The lowest BCUT2D eigenvalue weighted by atomic mass is 9.96. The normalized spacial score (nSPS) is 13.3. The molecule has 142 valence electrons. The standard InChI is InChI=1S/C20H33NO4/c1-5-8-9-14-20(4,25-7-3)19(22)21-17-10-12-18(13-11-17)24-16-15-23-6-2/h10-13H,5-9,14-16H2,1-4H3,(H,21,22)/t20-/m1/s1. The van der Waals surface area contributed by atoms with Crippen molar-refractivity contribution in [3.05, 3.63) is 24.3 Å². The molecule has 1 aromatic rings. The second kappa shape index (κ2) is 11.9. The third-order valence-corrected chi connectivity index (χ3v) is 4.01. The largest absolute Gasteiger partial charge is 0.491 e. The van der Waals surface area contributed by atoms with E-state index in [0.717, 1.165) is 37.1 Å². The predicted molar refractivity (Wildman–Crippen MR) is 101 cm³/mol. The third-order valence-electron chi connectivity index (χ3n) is 4.01. The van der Waals surface area contributed by atoms with Crippen molar-refractivity contribution in [3.8, 4) is 5.75 Å². The molecule has 1 aromatic carbocycles. The van der Waals surface area contributed by atoms with E-state index in [9.17, 15) is 4.79 Å². The highest BCUT2D eigenvalue weighted by Crippen LogP contribution is 2.23. The van der Waals surface area contributed by atoms with Gasteiger partial charge in [-0.2, -0.15) is 0 Å². The molecule has 1 atom stereocenters. The van der Waals surface area contributed by atoms with Gasteiger partial charge in [-0.15, -0.1) is 0 Å². The second-order valence-electron chi connectivity index (χ2n) is 6.14. The number of hydrogen-bond acceptors (Lipinski definition) is 4. The number of benzene rings is 1. The van der Waals surface area contributed by atoms with E-state index < -0.39 is 5.60 Å². The van der Waals surface area contributed by atoms with Crippen LogP contribution in [-0.4, -0.2) is 37.9 Å². The van der Waals surface area contributed by atoms with Gasteiger partial charge in [-0.3, -0.25) is 4.79 Å². The number of carbonyl (C=O) groups excluding carboxylic acids is 1. The maximum atomic E-state index is 12.7. The Hall–Kier alpha value is -1.59. The van der Waals surface area contributed by atoms with Gasteiger partial charge in [0, 0.05) is 18.9 Å². The van der Waals surface area contributed by atoms with Gasteiger partial charge in [0.2, 0.25) is 0 Å². The van der Waals surface area contributed by atoms with E-state index in [4.69, 9.17) is 14.2 Å². The summed E-state index contributed by atoms with van der Waals surface area (Å²) < 4.78 is 16.6. The summed E-state index contributed by atoms with van der Waals surface area (Å²) in [5, 5.41) is 2.95. The fourth-order valence-corrected chi connectivity index (χ4v) is 2.54. The van der Waals surface area contributed by atoms with E-state index in [1.165, 1.54) is 0 Å². The van der Waals surface area contributed by atoms with Gasteiger partial charge in [-0.05, 0) is 51.5 Å². The van der Waals surface area contributed by atoms with E-state index in [-0.39, 0.29) is 5.91 Å². The SMILES string of the molecule is CCCCC[C@@](C)(OCC)C(=O)Nc1ccc(OCCOCC)cc1. The zero-order chi connectivity index (χ0) is 18.5. The molecule has 5 nitrogen and oxygen atoms in total. The zero-order valence-electron chi connectivity index (χ0n) is 16.1. The number of ether oxygens (including phenoxy) is 3. The molecule has 0 spiro atoms. The smallest absolute Gasteiger partial charge is 0.256 e. The van der Waals surface area contributed by atoms with Gasteiger partial charge in [-0.25, -0.2) is 0 Å². The highest BCUT2D eigenvalue weighted by molar-refractivity contribution is 5.97. The molecule has 0 unspecified atom stereocenters. The molecular formula is C20H33NO4. The lowest BCUT2D eigenvalue weighted by Crippen LogP contribution is -2.42. The fraction of sp³-hybridized carbons (Fsp3) is 0.650. The Morgan fingerprint density at radius 1 is 1.04 bits per heavy atom. The Morgan fingerprint density at radius 2 is 1.76 bits per heavy atom. The number of amides is 1. The number of unbranched alkanes of at least 4 members (excludes halogenated alkanes) is 2. The van der Waals surface area contributed by atoms with Gasteiger partial charge in [0.15, 0.2) is 0 Å². The van der Waals surface area contributed by atoms with Crippen molar-refractivity contribution in [1.82, 2.24) is 0 Å². The van der Waals surface area contributed by atoms with Crippen LogP contribution in [-0.2, 0) is 14.3 Å². The molecule has 0 bridgehead atoms. The molecule has 0 saturated carbocycles. The van der Waals surface area contributed by atoms with Crippen LogP contribution in [0.1, 0.15) is 53.4 Å². The van der Waals surface area contributed by atoms with Crippen molar-refractivity contribution >= 4 is 11.6 Å². The summed E-state index contributed by atoms with van der Waals surface area (Å²) in [6.45, 7) is 10.2. The van der Waals surface area contributed by atoms with Crippen LogP contribution in [0.4, 0.5) is 5.69 Å². The third kappa shape index (κ3) is 7.88. The zero-order valence-corrected chi connectivity index (χ0v) is 16.1. The monoisotopic (exact) mass is 351 g/mol. The minimum Gasteiger partial charge on any atom is -0.491 e. The Kier molecular flexibility index (Phi) is 10.2. The summed E-state index contributed by atoms with van der Waals surface area (Å²) in [7, 11) is 0. The molecule has 5 heteroatoms. The van der Waals surface area contributed by atoms with E-state index in [0.29, 0.717) is 26.4 Å². The summed E-state index contributed by atoms with van der Waals surface area (Å²) in [5.74, 6) is 0.656. The molecule has 0 fully saturated rings. The first-order valence-electron chi connectivity index (χ1n) is 9.31. The summed E-state index contributed by atoms with van der Waals surface area (Å²) in [6, 6.07) is 7.37. The van der Waals surface area contributed by atoms with Crippen LogP contribution in [0.15, 0.2) is 24.3 Å². The minimum atomic E-state index is -0.795. The molecule has 25 heavy (non-hydrogen) atoms. The van der Waals surface area contributed by atoms with Gasteiger partial charge in [0.1, 0.15) is 18.0 Å². The van der Waals surface area contributed by atoms with Gasteiger partial charge in [0.05, 0.1) is 6.61 Å². The summed E-state index contributed by atoms with van der Waals surface area (Å²) >= 11 is 0. The Balaban J connectivity index is 2.58. The fourth-order valence-electron chi connectivity index (χ4n) is 2.54. The maximum absolute atomic E-state index is 12.7. The van der Waals surface area contributed by atoms with Crippen LogP contribution in [0.3, 0.4) is 0 Å². The van der Waals surface area contributed by atoms with Crippen LogP contribution < -0.4 is 10.1 Å². The predicted octanol–water partition coefficient (Wildman–Crippen LogP) is 4.42.